The molecule has 2 amide bonds. The monoisotopic (exact) mass is 436 g/mol. The van der Waals surface area contributed by atoms with Gasteiger partial charge in [0.25, 0.3) is 11.8 Å². The van der Waals surface area contributed by atoms with Crippen molar-refractivity contribution in [3.05, 3.63) is 53.5 Å². The van der Waals surface area contributed by atoms with E-state index in [4.69, 9.17) is 9.47 Å². The van der Waals surface area contributed by atoms with Crippen LogP contribution in [0.3, 0.4) is 0 Å². The molecule has 32 heavy (non-hydrogen) atoms. The van der Waals surface area contributed by atoms with Gasteiger partial charge in [-0.3, -0.25) is 14.3 Å². The van der Waals surface area contributed by atoms with Gasteiger partial charge in [-0.25, -0.2) is 4.68 Å². The van der Waals surface area contributed by atoms with Crippen molar-refractivity contribution in [1.82, 2.24) is 24.5 Å². The van der Waals surface area contributed by atoms with Crippen molar-refractivity contribution < 1.29 is 19.1 Å². The number of benzene rings is 1. The van der Waals surface area contributed by atoms with Crippen LogP contribution >= 0.6 is 0 Å². The van der Waals surface area contributed by atoms with Crippen molar-refractivity contribution >= 4 is 17.6 Å². The van der Waals surface area contributed by atoms with E-state index in [1.807, 2.05) is 29.6 Å². The molecular formula is C22H24N6O4. The lowest BCUT2D eigenvalue weighted by Crippen LogP contribution is -2.39. The summed E-state index contributed by atoms with van der Waals surface area (Å²) in [6.07, 6.45) is 3.15. The van der Waals surface area contributed by atoms with Crippen LogP contribution in [0.25, 0.3) is 0 Å². The number of nitrogens with one attached hydrogen (secondary N) is 1. The average molecular weight is 436 g/mol. The fraction of sp³-hybridized carbons (Fsp3) is 0.364. The van der Waals surface area contributed by atoms with E-state index in [-0.39, 0.29) is 24.6 Å². The minimum Gasteiger partial charge on any atom is -0.454 e. The third-order valence-corrected chi connectivity index (χ3v) is 5.98. The number of nitrogens with zero attached hydrogens (tertiary/aromatic N) is 5. The number of carbonyl (C=O) groups is 2. The number of fused-ring (bicyclic) bond motifs is 1. The molecule has 166 valence electrons. The third kappa shape index (κ3) is 3.68. The number of amides is 2. The molecule has 0 radical (unpaired) electrons. The van der Waals surface area contributed by atoms with Crippen LogP contribution < -0.4 is 14.8 Å². The highest BCUT2D eigenvalue weighted by Gasteiger charge is 2.28. The predicted octanol–water partition coefficient (Wildman–Crippen LogP) is 2.38. The molecular weight excluding hydrogens is 412 g/mol. The second-order valence-corrected chi connectivity index (χ2v) is 8.00. The maximum atomic E-state index is 12.8. The number of aromatic nitrogens is 4. The highest BCUT2D eigenvalue weighted by molar-refractivity contribution is 6.04. The van der Waals surface area contributed by atoms with Gasteiger partial charge in [-0.2, -0.15) is 10.2 Å². The summed E-state index contributed by atoms with van der Waals surface area (Å²) >= 11 is 0. The normalized spacial score (nSPS) is 15.8. The zero-order chi connectivity index (χ0) is 22.2. The first-order valence-corrected chi connectivity index (χ1v) is 10.5. The Bertz CT molecular complexity index is 1160. The summed E-state index contributed by atoms with van der Waals surface area (Å²) in [5.41, 5.74) is 1.90. The smallest absolute Gasteiger partial charge is 0.274 e. The molecule has 2 aliphatic rings. The molecule has 4 heterocycles. The summed E-state index contributed by atoms with van der Waals surface area (Å²) < 4.78 is 14.2. The number of hydrogen-bond acceptors (Lipinski definition) is 6. The van der Waals surface area contributed by atoms with E-state index in [1.54, 1.807) is 35.1 Å². The minimum atomic E-state index is -0.247. The van der Waals surface area contributed by atoms with Gasteiger partial charge in [0.15, 0.2) is 17.2 Å². The molecule has 0 bridgehead atoms. The van der Waals surface area contributed by atoms with E-state index in [0.29, 0.717) is 41.7 Å². The van der Waals surface area contributed by atoms with Gasteiger partial charge in [0.1, 0.15) is 5.82 Å². The first kappa shape index (κ1) is 20.1. The lowest BCUT2D eigenvalue weighted by Gasteiger charge is -2.32. The quantitative estimate of drug-likeness (QED) is 0.674. The molecule has 2 aliphatic heterocycles. The van der Waals surface area contributed by atoms with Crippen molar-refractivity contribution in [2.75, 3.05) is 25.2 Å². The van der Waals surface area contributed by atoms with Crippen molar-refractivity contribution in [2.24, 2.45) is 7.05 Å². The number of anilines is 1. The van der Waals surface area contributed by atoms with Crippen LogP contribution in [0.2, 0.25) is 0 Å². The summed E-state index contributed by atoms with van der Waals surface area (Å²) in [5.74, 6) is 1.52. The zero-order valence-corrected chi connectivity index (χ0v) is 17.9. The van der Waals surface area contributed by atoms with Crippen molar-refractivity contribution in [3.8, 4) is 11.5 Å². The van der Waals surface area contributed by atoms with Crippen LogP contribution in [-0.2, 0) is 7.05 Å². The number of hydrogen-bond donors (Lipinski definition) is 1. The van der Waals surface area contributed by atoms with Gasteiger partial charge in [-0.05, 0) is 44.0 Å². The van der Waals surface area contributed by atoms with Crippen molar-refractivity contribution in [2.45, 2.75) is 25.8 Å². The summed E-state index contributed by atoms with van der Waals surface area (Å²) in [7, 11) is 1.83. The Morgan fingerprint density at radius 1 is 1.09 bits per heavy atom. The fourth-order valence-corrected chi connectivity index (χ4v) is 4.07. The van der Waals surface area contributed by atoms with E-state index in [9.17, 15) is 9.59 Å². The fourth-order valence-electron chi connectivity index (χ4n) is 4.07. The molecule has 0 unspecified atom stereocenters. The van der Waals surface area contributed by atoms with Gasteiger partial charge in [-0.15, -0.1) is 0 Å². The Balaban J connectivity index is 1.23. The Morgan fingerprint density at radius 3 is 2.62 bits per heavy atom. The van der Waals surface area contributed by atoms with Crippen molar-refractivity contribution in [1.29, 1.82) is 0 Å². The Hall–Kier alpha value is -3.82. The van der Waals surface area contributed by atoms with Crippen LogP contribution in [0.15, 0.2) is 36.5 Å². The van der Waals surface area contributed by atoms with Crippen LogP contribution in [-0.4, -0.2) is 56.2 Å². The van der Waals surface area contributed by atoms with Crippen LogP contribution in [0, 0.1) is 6.92 Å². The molecule has 10 heteroatoms. The van der Waals surface area contributed by atoms with Crippen LogP contribution in [0.5, 0.6) is 11.5 Å². The maximum absolute atomic E-state index is 12.8. The lowest BCUT2D eigenvalue weighted by atomic mass is 10.0. The standard InChI is InChI=1S/C22H24N6O4/c1-14-11-17(25-26(14)2)22(30)27-9-6-16(7-10-27)28-20(5-8-23-28)24-21(29)15-3-4-18-19(12-15)32-13-31-18/h3-5,8,11-12,16H,6-7,9-10,13H2,1-2H3,(H,24,29). The molecule has 0 aliphatic carbocycles. The molecule has 1 aromatic carbocycles. The highest BCUT2D eigenvalue weighted by atomic mass is 16.7. The topological polar surface area (TPSA) is 104 Å². The molecule has 0 spiro atoms. The van der Waals surface area contributed by atoms with E-state index in [2.05, 4.69) is 15.5 Å². The Labute approximate surface area is 184 Å². The molecule has 2 aromatic heterocycles. The van der Waals surface area contributed by atoms with Gasteiger partial charge < -0.3 is 19.7 Å². The highest BCUT2D eigenvalue weighted by Crippen LogP contribution is 2.33. The predicted molar refractivity (Wildman–Crippen MR) is 115 cm³/mol. The molecule has 5 rings (SSSR count). The van der Waals surface area contributed by atoms with Gasteiger partial charge >= 0.3 is 0 Å². The van der Waals surface area contributed by atoms with E-state index < -0.39 is 0 Å². The van der Waals surface area contributed by atoms with E-state index in [1.165, 1.54) is 0 Å². The first-order valence-electron chi connectivity index (χ1n) is 10.5. The second kappa shape index (κ2) is 8.03. The SMILES string of the molecule is Cc1cc(C(=O)N2CCC(n3nccc3NC(=O)c3ccc4c(c3)OCO4)CC2)nn1C. The molecule has 1 N–H and O–H groups in total. The van der Waals surface area contributed by atoms with Gasteiger partial charge in [-0.1, -0.05) is 0 Å². The Kier molecular flexibility index (Phi) is 5.04. The molecule has 1 saturated heterocycles. The Morgan fingerprint density at radius 2 is 1.88 bits per heavy atom. The van der Waals surface area contributed by atoms with E-state index >= 15 is 0 Å². The summed E-state index contributed by atoms with van der Waals surface area (Å²) in [5, 5.41) is 11.7. The average Bonchev–Trinajstić information content (AvgIpc) is 3.53. The van der Waals surface area contributed by atoms with Gasteiger partial charge in [0, 0.05) is 37.5 Å². The van der Waals surface area contributed by atoms with Gasteiger partial charge in [0.2, 0.25) is 6.79 Å². The summed E-state index contributed by atoms with van der Waals surface area (Å²) in [6.45, 7) is 3.30. The van der Waals surface area contributed by atoms with Gasteiger partial charge in [0.05, 0.1) is 12.2 Å². The number of likely N-dealkylation sites (tertiary alicyclic amines) is 1. The van der Waals surface area contributed by atoms with Crippen molar-refractivity contribution in [3.63, 3.8) is 0 Å². The number of rotatable bonds is 4. The van der Waals surface area contributed by atoms with Crippen LogP contribution in [0.4, 0.5) is 5.82 Å². The molecule has 10 nitrogen and oxygen atoms in total. The molecule has 1 fully saturated rings. The number of aryl methyl sites for hydroxylation is 2. The number of ether oxygens (including phenoxy) is 2. The lowest BCUT2D eigenvalue weighted by molar-refractivity contribution is 0.0684. The second-order valence-electron chi connectivity index (χ2n) is 8.00. The zero-order valence-electron chi connectivity index (χ0n) is 17.9. The van der Waals surface area contributed by atoms with E-state index in [0.717, 1.165) is 18.5 Å². The number of carbonyl (C=O) groups excluding carboxylic acids is 2. The molecule has 0 saturated carbocycles. The third-order valence-electron chi connectivity index (χ3n) is 5.98. The summed E-state index contributed by atoms with van der Waals surface area (Å²) in [6, 6.07) is 8.77. The number of piperidine rings is 1. The van der Waals surface area contributed by atoms with Crippen LogP contribution in [0.1, 0.15) is 45.4 Å². The maximum Gasteiger partial charge on any atom is 0.274 e. The minimum absolute atomic E-state index is 0.0519. The largest absolute Gasteiger partial charge is 0.454 e. The molecule has 3 aromatic rings. The molecule has 0 atom stereocenters. The first-order chi connectivity index (χ1) is 15.5. The summed E-state index contributed by atoms with van der Waals surface area (Å²) in [4.78, 5) is 27.4.